The number of piperidine rings is 1. The Hall–Kier alpha value is -1.10. The number of hydrogen-bond acceptors (Lipinski definition) is 4. The molecule has 3 atom stereocenters. The van der Waals surface area contributed by atoms with Gasteiger partial charge in [-0.2, -0.15) is 0 Å². The SMILES string of the molecule is CC(NC1CCCC(N(C)C)C1)c1ccc(N2CCC(O)CC2)cc1. The van der Waals surface area contributed by atoms with Gasteiger partial charge in [-0.05, 0) is 70.8 Å². The zero-order valence-corrected chi connectivity index (χ0v) is 16.1. The summed E-state index contributed by atoms with van der Waals surface area (Å²) < 4.78 is 0. The molecule has 1 aromatic carbocycles. The molecule has 140 valence electrons. The van der Waals surface area contributed by atoms with Crippen molar-refractivity contribution < 1.29 is 5.11 Å². The molecule has 2 N–H and O–H groups in total. The molecule has 3 unspecified atom stereocenters. The highest BCUT2D eigenvalue weighted by atomic mass is 16.3. The van der Waals surface area contributed by atoms with E-state index in [0.717, 1.165) is 32.0 Å². The van der Waals surface area contributed by atoms with E-state index < -0.39 is 0 Å². The van der Waals surface area contributed by atoms with Crippen molar-refractivity contribution in [3.05, 3.63) is 29.8 Å². The maximum absolute atomic E-state index is 9.66. The quantitative estimate of drug-likeness (QED) is 0.860. The van der Waals surface area contributed by atoms with Crippen molar-refractivity contribution in [3.8, 4) is 0 Å². The van der Waals surface area contributed by atoms with Gasteiger partial charge in [0.2, 0.25) is 0 Å². The largest absolute Gasteiger partial charge is 0.393 e. The standard InChI is InChI=1S/C21H35N3O/c1-16(22-18-5-4-6-20(15-18)23(2)3)17-7-9-19(10-8-17)24-13-11-21(25)12-14-24/h7-10,16,18,20-22,25H,4-6,11-15H2,1-3H3. The van der Waals surface area contributed by atoms with Crippen LogP contribution in [0.5, 0.6) is 0 Å². The molecule has 2 fully saturated rings. The summed E-state index contributed by atoms with van der Waals surface area (Å²) in [4.78, 5) is 4.76. The van der Waals surface area contributed by atoms with Gasteiger partial charge in [0.15, 0.2) is 0 Å². The predicted octanol–water partition coefficient (Wildman–Crippen LogP) is 3.17. The topological polar surface area (TPSA) is 38.7 Å². The second-order valence-corrected chi connectivity index (χ2v) is 8.18. The second-order valence-electron chi connectivity index (χ2n) is 8.18. The lowest BCUT2D eigenvalue weighted by molar-refractivity contribution is 0.145. The van der Waals surface area contributed by atoms with Gasteiger partial charge in [-0.3, -0.25) is 0 Å². The van der Waals surface area contributed by atoms with Crippen LogP contribution >= 0.6 is 0 Å². The summed E-state index contributed by atoms with van der Waals surface area (Å²) in [5.74, 6) is 0. The molecule has 1 aliphatic heterocycles. The number of hydrogen-bond donors (Lipinski definition) is 2. The molecule has 3 rings (SSSR count). The Bertz CT molecular complexity index is 522. The number of aliphatic hydroxyl groups is 1. The average Bonchev–Trinajstić information content (AvgIpc) is 2.63. The van der Waals surface area contributed by atoms with Gasteiger partial charge >= 0.3 is 0 Å². The molecule has 1 saturated carbocycles. The lowest BCUT2D eigenvalue weighted by Gasteiger charge is -2.35. The number of rotatable bonds is 5. The zero-order valence-electron chi connectivity index (χ0n) is 16.1. The molecular formula is C21H35N3O. The van der Waals surface area contributed by atoms with E-state index in [9.17, 15) is 5.11 Å². The maximum Gasteiger partial charge on any atom is 0.0574 e. The summed E-state index contributed by atoms with van der Waals surface area (Å²) in [5, 5.41) is 13.5. The lowest BCUT2D eigenvalue weighted by Crippen LogP contribution is -2.42. The van der Waals surface area contributed by atoms with Gasteiger partial charge in [-0.15, -0.1) is 0 Å². The van der Waals surface area contributed by atoms with Crippen LogP contribution in [0.25, 0.3) is 0 Å². The molecule has 1 aliphatic carbocycles. The molecule has 0 spiro atoms. The van der Waals surface area contributed by atoms with Gasteiger partial charge < -0.3 is 20.2 Å². The molecular weight excluding hydrogens is 310 g/mol. The van der Waals surface area contributed by atoms with Crippen molar-refractivity contribution in [3.63, 3.8) is 0 Å². The van der Waals surface area contributed by atoms with Crippen molar-refractivity contribution in [2.24, 2.45) is 0 Å². The predicted molar refractivity (Wildman–Crippen MR) is 105 cm³/mol. The first kappa shape index (κ1) is 18.7. The molecule has 1 saturated heterocycles. The van der Waals surface area contributed by atoms with Crippen molar-refractivity contribution >= 4 is 5.69 Å². The first-order chi connectivity index (χ1) is 12.0. The molecule has 1 heterocycles. The highest BCUT2D eigenvalue weighted by molar-refractivity contribution is 5.48. The fraction of sp³-hybridized carbons (Fsp3) is 0.714. The van der Waals surface area contributed by atoms with Crippen LogP contribution in [0, 0.1) is 0 Å². The fourth-order valence-corrected chi connectivity index (χ4v) is 4.33. The van der Waals surface area contributed by atoms with Gasteiger partial charge in [-0.1, -0.05) is 18.6 Å². The van der Waals surface area contributed by atoms with Gasteiger partial charge in [-0.25, -0.2) is 0 Å². The number of benzene rings is 1. The summed E-state index contributed by atoms with van der Waals surface area (Å²) in [7, 11) is 4.41. The highest BCUT2D eigenvalue weighted by Gasteiger charge is 2.24. The van der Waals surface area contributed by atoms with Crippen LogP contribution < -0.4 is 10.2 Å². The third-order valence-electron chi connectivity index (χ3n) is 6.09. The van der Waals surface area contributed by atoms with Crippen LogP contribution in [-0.4, -0.2) is 55.4 Å². The summed E-state index contributed by atoms with van der Waals surface area (Å²) in [5.41, 5.74) is 2.65. The molecule has 4 heteroatoms. The summed E-state index contributed by atoms with van der Waals surface area (Å²) in [6, 6.07) is 10.8. The Kier molecular flexibility index (Phi) is 6.37. The third-order valence-corrected chi connectivity index (χ3v) is 6.09. The molecule has 0 bridgehead atoms. The molecule has 4 nitrogen and oxygen atoms in total. The smallest absolute Gasteiger partial charge is 0.0574 e. The summed E-state index contributed by atoms with van der Waals surface area (Å²) in [6.45, 7) is 4.20. The minimum atomic E-state index is -0.110. The minimum Gasteiger partial charge on any atom is -0.393 e. The minimum absolute atomic E-state index is 0.110. The van der Waals surface area contributed by atoms with E-state index in [4.69, 9.17) is 0 Å². The van der Waals surface area contributed by atoms with Gasteiger partial charge in [0, 0.05) is 36.9 Å². The summed E-state index contributed by atoms with van der Waals surface area (Å²) >= 11 is 0. The van der Waals surface area contributed by atoms with E-state index >= 15 is 0 Å². The van der Waals surface area contributed by atoms with E-state index in [1.54, 1.807) is 0 Å². The number of anilines is 1. The van der Waals surface area contributed by atoms with Crippen LogP contribution in [0.4, 0.5) is 5.69 Å². The van der Waals surface area contributed by atoms with Gasteiger partial charge in [0.25, 0.3) is 0 Å². The van der Waals surface area contributed by atoms with E-state index in [-0.39, 0.29) is 6.10 Å². The Morgan fingerprint density at radius 3 is 2.40 bits per heavy atom. The first-order valence-electron chi connectivity index (χ1n) is 9.98. The molecule has 25 heavy (non-hydrogen) atoms. The van der Waals surface area contributed by atoms with Crippen molar-refractivity contribution in [2.75, 3.05) is 32.1 Å². The van der Waals surface area contributed by atoms with Crippen LogP contribution in [-0.2, 0) is 0 Å². The maximum atomic E-state index is 9.66. The monoisotopic (exact) mass is 345 g/mol. The Morgan fingerprint density at radius 1 is 1.08 bits per heavy atom. The van der Waals surface area contributed by atoms with E-state index in [1.807, 2.05) is 0 Å². The van der Waals surface area contributed by atoms with Crippen LogP contribution in [0.1, 0.15) is 57.1 Å². The zero-order chi connectivity index (χ0) is 17.8. The number of nitrogens with one attached hydrogen (secondary N) is 1. The van der Waals surface area contributed by atoms with Crippen LogP contribution in [0.2, 0.25) is 0 Å². The van der Waals surface area contributed by atoms with Crippen molar-refractivity contribution in [1.82, 2.24) is 10.2 Å². The van der Waals surface area contributed by atoms with Gasteiger partial charge in [0.1, 0.15) is 0 Å². The Morgan fingerprint density at radius 2 is 1.76 bits per heavy atom. The molecule has 1 aromatic rings. The second kappa shape index (κ2) is 8.52. The molecule has 0 amide bonds. The van der Waals surface area contributed by atoms with Crippen LogP contribution in [0.15, 0.2) is 24.3 Å². The van der Waals surface area contributed by atoms with E-state index in [2.05, 4.69) is 60.4 Å². The fourth-order valence-electron chi connectivity index (χ4n) is 4.33. The summed E-state index contributed by atoms with van der Waals surface area (Å²) in [6.07, 6.45) is 6.87. The Labute approximate surface area is 153 Å². The molecule has 2 aliphatic rings. The number of nitrogens with zero attached hydrogens (tertiary/aromatic N) is 2. The van der Waals surface area contributed by atoms with E-state index in [1.165, 1.54) is 36.9 Å². The molecule has 0 radical (unpaired) electrons. The van der Waals surface area contributed by atoms with Crippen LogP contribution in [0.3, 0.4) is 0 Å². The average molecular weight is 346 g/mol. The lowest BCUT2D eigenvalue weighted by atomic mass is 9.89. The Balaban J connectivity index is 1.54. The van der Waals surface area contributed by atoms with Crippen molar-refractivity contribution in [2.45, 2.75) is 69.7 Å². The molecule has 0 aromatic heterocycles. The normalized spacial score (nSPS) is 26.8. The van der Waals surface area contributed by atoms with E-state index in [0.29, 0.717) is 12.1 Å². The first-order valence-corrected chi connectivity index (χ1v) is 9.98. The highest BCUT2D eigenvalue weighted by Crippen LogP contribution is 2.26. The number of aliphatic hydroxyl groups excluding tert-OH is 1. The van der Waals surface area contributed by atoms with Gasteiger partial charge in [0.05, 0.1) is 6.10 Å². The van der Waals surface area contributed by atoms with Crippen molar-refractivity contribution in [1.29, 1.82) is 0 Å². The third kappa shape index (κ3) is 4.96.